The van der Waals surface area contributed by atoms with Gasteiger partial charge >= 0.3 is 0 Å². The van der Waals surface area contributed by atoms with Gasteiger partial charge in [0.25, 0.3) is 0 Å². The fourth-order valence-electron chi connectivity index (χ4n) is 1.84. The van der Waals surface area contributed by atoms with Crippen molar-refractivity contribution >= 4 is 11.8 Å². The Morgan fingerprint density at radius 3 is 1.43 bits per heavy atom. The molecule has 0 heterocycles. The minimum atomic E-state index is 0.0641. The van der Waals surface area contributed by atoms with Gasteiger partial charge in [0.1, 0.15) is 0 Å². The largest absolute Gasteiger partial charge is 0.359 e. The molecule has 0 fully saturated rings. The van der Waals surface area contributed by atoms with Gasteiger partial charge in [0.2, 0.25) is 11.8 Å². The Morgan fingerprint density at radius 1 is 0.652 bits per heavy atom. The van der Waals surface area contributed by atoms with E-state index in [4.69, 9.17) is 0 Å². The van der Waals surface area contributed by atoms with Crippen molar-refractivity contribution in [2.75, 3.05) is 66.0 Å². The normalized spacial score (nSPS) is 10.5. The maximum absolute atomic E-state index is 11.2. The SMILES string of the molecule is CCNC(=O)CCNCCNCCNCCNCCC(=O)NC. The fraction of sp³-hybridized carbons (Fsp3) is 0.867. The lowest BCUT2D eigenvalue weighted by Crippen LogP contribution is -2.36. The van der Waals surface area contributed by atoms with Crippen LogP contribution in [0.3, 0.4) is 0 Å². The van der Waals surface area contributed by atoms with Crippen molar-refractivity contribution in [1.82, 2.24) is 31.9 Å². The molecule has 23 heavy (non-hydrogen) atoms. The molecule has 0 rings (SSSR count). The van der Waals surface area contributed by atoms with Gasteiger partial charge in [-0.25, -0.2) is 0 Å². The quantitative estimate of drug-likeness (QED) is 0.183. The van der Waals surface area contributed by atoms with Gasteiger partial charge in [0.05, 0.1) is 0 Å². The smallest absolute Gasteiger partial charge is 0.221 e. The molecule has 0 radical (unpaired) electrons. The van der Waals surface area contributed by atoms with E-state index in [1.54, 1.807) is 7.05 Å². The molecule has 0 spiro atoms. The molecule has 0 bridgehead atoms. The summed E-state index contributed by atoms with van der Waals surface area (Å²) in [6.07, 6.45) is 1.05. The third kappa shape index (κ3) is 17.0. The Labute approximate surface area is 139 Å². The summed E-state index contributed by atoms with van der Waals surface area (Å²) in [4.78, 5) is 22.2. The van der Waals surface area contributed by atoms with Crippen LogP contribution in [-0.2, 0) is 9.59 Å². The summed E-state index contributed by atoms with van der Waals surface area (Å²) in [6.45, 7) is 9.36. The second-order valence-electron chi connectivity index (χ2n) is 5.13. The van der Waals surface area contributed by atoms with Crippen LogP contribution in [0.15, 0.2) is 0 Å². The van der Waals surface area contributed by atoms with E-state index < -0.39 is 0 Å². The topological polar surface area (TPSA) is 106 Å². The van der Waals surface area contributed by atoms with E-state index in [1.807, 2.05) is 6.92 Å². The van der Waals surface area contributed by atoms with Crippen LogP contribution in [-0.4, -0.2) is 77.8 Å². The third-order valence-corrected chi connectivity index (χ3v) is 3.15. The lowest BCUT2D eigenvalue weighted by atomic mass is 10.4. The van der Waals surface area contributed by atoms with Crippen molar-refractivity contribution in [1.29, 1.82) is 0 Å². The average Bonchev–Trinajstić information content (AvgIpc) is 2.55. The summed E-state index contributed by atoms with van der Waals surface area (Å²) >= 11 is 0. The second-order valence-corrected chi connectivity index (χ2v) is 5.13. The highest BCUT2D eigenvalue weighted by molar-refractivity contribution is 5.76. The Morgan fingerprint density at radius 2 is 1.04 bits per heavy atom. The van der Waals surface area contributed by atoms with Gasteiger partial charge in [-0.2, -0.15) is 0 Å². The minimum absolute atomic E-state index is 0.0641. The van der Waals surface area contributed by atoms with E-state index in [2.05, 4.69) is 31.9 Å². The van der Waals surface area contributed by atoms with E-state index in [1.165, 1.54) is 0 Å². The molecule has 0 aromatic heterocycles. The molecule has 0 aromatic rings. The lowest BCUT2D eigenvalue weighted by Gasteiger charge is -2.08. The van der Waals surface area contributed by atoms with Crippen LogP contribution in [0.4, 0.5) is 0 Å². The summed E-state index contributed by atoms with van der Waals surface area (Å²) < 4.78 is 0. The number of hydrogen-bond acceptors (Lipinski definition) is 6. The Hall–Kier alpha value is -1.22. The minimum Gasteiger partial charge on any atom is -0.359 e. The molecule has 0 saturated carbocycles. The van der Waals surface area contributed by atoms with E-state index >= 15 is 0 Å². The summed E-state index contributed by atoms with van der Waals surface area (Å²) in [6, 6.07) is 0. The van der Waals surface area contributed by atoms with Crippen LogP contribution >= 0.6 is 0 Å². The number of carbonyl (C=O) groups is 2. The van der Waals surface area contributed by atoms with Crippen molar-refractivity contribution in [3.05, 3.63) is 0 Å². The zero-order valence-corrected chi connectivity index (χ0v) is 14.6. The van der Waals surface area contributed by atoms with Crippen LogP contribution in [0.25, 0.3) is 0 Å². The summed E-state index contributed by atoms with van der Waals surface area (Å²) in [7, 11) is 1.65. The molecular weight excluding hydrogens is 296 g/mol. The van der Waals surface area contributed by atoms with E-state index in [0.717, 1.165) is 39.3 Å². The molecule has 8 nitrogen and oxygen atoms in total. The Balaban J connectivity index is 3.08. The van der Waals surface area contributed by atoms with Crippen LogP contribution in [0.2, 0.25) is 0 Å². The van der Waals surface area contributed by atoms with Crippen molar-refractivity contribution in [2.24, 2.45) is 0 Å². The highest BCUT2D eigenvalue weighted by atomic mass is 16.2. The molecule has 8 heteroatoms. The Kier molecular flexibility index (Phi) is 16.2. The predicted molar refractivity (Wildman–Crippen MR) is 93.5 cm³/mol. The molecule has 0 saturated heterocycles. The first kappa shape index (κ1) is 21.8. The lowest BCUT2D eigenvalue weighted by molar-refractivity contribution is -0.121. The molecule has 0 unspecified atom stereocenters. The summed E-state index contributed by atoms with van der Waals surface area (Å²) in [5.74, 6) is 0.162. The first-order valence-electron chi connectivity index (χ1n) is 8.50. The number of nitrogens with one attached hydrogen (secondary N) is 6. The summed E-state index contributed by atoms with van der Waals surface area (Å²) in [5, 5.41) is 18.4. The number of hydrogen-bond donors (Lipinski definition) is 6. The maximum atomic E-state index is 11.2. The van der Waals surface area contributed by atoms with Crippen molar-refractivity contribution < 1.29 is 9.59 Å². The molecule has 6 N–H and O–H groups in total. The summed E-state index contributed by atoms with van der Waals surface area (Å²) in [5.41, 5.74) is 0. The monoisotopic (exact) mass is 330 g/mol. The van der Waals surface area contributed by atoms with Gasteiger partial charge < -0.3 is 31.9 Å². The van der Waals surface area contributed by atoms with E-state index in [0.29, 0.717) is 32.5 Å². The number of rotatable bonds is 16. The zero-order valence-electron chi connectivity index (χ0n) is 14.6. The standard InChI is InChI=1S/C15H34N6O2/c1-3-21-15(23)5-7-18-9-11-20-13-12-19-10-8-17-6-4-14(22)16-2/h17-20H,3-13H2,1-2H3,(H,16,22)(H,21,23). The molecule has 0 aliphatic rings. The molecule has 2 amide bonds. The van der Waals surface area contributed by atoms with Crippen LogP contribution in [0.5, 0.6) is 0 Å². The van der Waals surface area contributed by atoms with E-state index in [9.17, 15) is 9.59 Å². The van der Waals surface area contributed by atoms with Crippen molar-refractivity contribution in [2.45, 2.75) is 19.8 Å². The van der Waals surface area contributed by atoms with Gasteiger partial charge in [0, 0.05) is 78.8 Å². The molecule has 0 aliphatic carbocycles. The van der Waals surface area contributed by atoms with E-state index in [-0.39, 0.29) is 11.8 Å². The van der Waals surface area contributed by atoms with Crippen molar-refractivity contribution in [3.63, 3.8) is 0 Å². The van der Waals surface area contributed by atoms with Crippen LogP contribution in [0, 0.1) is 0 Å². The van der Waals surface area contributed by atoms with Gasteiger partial charge in [-0.3, -0.25) is 9.59 Å². The van der Waals surface area contributed by atoms with Crippen molar-refractivity contribution in [3.8, 4) is 0 Å². The maximum Gasteiger partial charge on any atom is 0.221 e. The van der Waals surface area contributed by atoms with Crippen LogP contribution in [0.1, 0.15) is 19.8 Å². The molecule has 0 atom stereocenters. The van der Waals surface area contributed by atoms with Gasteiger partial charge in [-0.05, 0) is 6.92 Å². The van der Waals surface area contributed by atoms with Gasteiger partial charge in [-0.15, -0.1) is 0 Å². The predicted octanol–water partition coefficient (Wildman–Crippen LogP) is -1.99. The zero-order chi connectivity index (χ0) is 17.2. The molecule has 136 valence electrons. The first-order chi connectivity index (χ1) is 11.2. The average molecular weight is 330 g/mol. The Bertz CT molecular complexity index is 302. The fourth-order valence-corrected chi connectivity index (χ4v) is 1.84. The molecular formula is C15H34N6O2. The number of carbonyl (C=O) groups excluding carboxylic acids is 2. The van der Waals surface area contributed by atoms with Gasteiger partial charge in [-0.1, -0.05) is 0 Å². The highest BCUT2D eigenvalue weighted by Crippen LogP contribution is 1.76. The number of amides is 2. The molecule has 0 aromatic carbocycles. The highest BCUT2D eigenvalue weighted by Gasteiger charge is 1.97. The van der Waals surface area contributed by atoms with Gasteiger partial charge in [0.15, 0.2) is 0 Å². The first-order valence-corrected chi connectivity index (χ1v) is 8.50. The second kappa shape index (κ2) is 17.1. The third-order valence-electron chi connectivity index (χ3n) is 3.15. The van der Waals surface area contributed by atoms with Crippen LogP contribution < -0.4 is 31.9 Å². The molecule has 0 aliphatic heterocycles.